The number of aromatic nitrogens is 1. The average molecular weight is 243 g/mol. The zero-order chi connectivity index (χ0) is 12.5. The van der Waals surface area contributed by atoms with Crippen molar-refractivity contribution in [2.75, 3.05) is 18.0 Å². The molecule has 1 aromatic heterocycles. The van der Waals surface area contributed by atoms with Crippen LogP contribution < -0.4 is 10.6 Å². The lowest BCUT2D eigenvalue weighted by molar-refractivity contribution is -0.122. The van der Waals surface area contributed by atoms with Crippen LogP contribution in [0, 0.1) is 5.92 Å². The van der Waals surface area contributed by atoms with Crippen LogP contribution in [0.3, 0.4) is 0 Å². The van der Waals surface area contributed by atoms with Gasteiger partial charge in [0.15, 0.2) is 0 Å². The van der Waals surface area contributed by atoms with E-state index in [2.05, 4.69) is 34.1 Å². The fourth-order valence-corrected chi connectivity index (χ4v) is 2.75. The quantitative estimate of drug-likeness (QED) is 0.845. The SMILES string of the molecule is NC(=O)C1CCN(c2cccc3[nH]ccc23)CC1. The predicted octanol–water partition coefficient (Wildman–Crippen LogP) is 1.87. The normalized spacial score (nSPS) is 17.2. The van der Waals surface area contributed by atoms with Gasteiger partial charge in [0.1, 0.15) is 0 Å². The number of rotatable bonds is 2. The summed E-state index contributed by atoms with van der Waals surface area (Å²) in [5, 5.41) is 1.25. The monoisotopic (exact) mass is 243 g/mol. The Labute approximate surface area is 106 Å². The first kappa shape index (κ1) is 11.1. The van der Waals surface area contributed by atoms with Gasteiger partial charge in [-0.05, 0) is 31.0 Å². The molecule has 2 aromatic rings. The summed E-state index contributed by atoms with van der Waals surface area (Å²) >= 11 is 0. The molecule has 0 bridgehead atoms. The summed E-state index contributed by atoms with van der Waals surface area (Å²) < 4.78 is 0. The van der Waals surface area contributed by atoms with Crippen molar-refractivity contribution in [1.82, 2.24) is 4.98 Å². The number of nitrogens with one attached hydrogen (secondary N) is 1. The number of nitrogens with zero attached hydrogens (tertiary/aromatic N) is 1. The summed E-state index contributed by atoms with van der Waals surface area (Å²) in [6.45, 7) is 1.80. The first-order valence-electron chi connectivity index (χ1n) is 6.36. The maximum Gasteiger partial charge on any atom is 0.220 e. The number of aromatic amines is 1. The third-order valence-corrected chi connectivity index (χ3v) is 3.81. The van der Waals surface area contributed by atoms with E-state index in [1.165, 1.54) is 11.1 Å². The van der Waals surface area contributed by atoms with Crippen molar-refractivity contribution in [1.29, 1.82) is 0 Å². The van der Waals surface area contributed by atoms with Crippen molar-refractivity contribution in [3.05, 3.63) is 30.5 Å². The number of fused-ring (bicyclic) bond motifs is 1. The van der Waals surface area contributed by atoms with Crippen LogP contribution >= 0.6 is 0 Å². The van der Waals surface area contributed by atoms with Crippen molar-refractivity contribution in [2.45, 2.75) is 12.8 Å². The van der Waals surface area contributed by atoms with Crippen LogP contribution in [0.5, 0.6) is 0 Å². The number of amides is 1. The topological polar surface area (TPSA) is 62.1 Å². The van der Waals surface area contributed by atoms with Crippen molar-refractivity contribution >= 4 is 22.5 Å². The molecule has 4 nitrogen and oxygen atoms in total. The molecule has 0 saturated carbocycles. The Hall–Kier alpha value is -1.97. The number of anilines is 1. The van der Waals surface area contributed by atoms with Crippen LogP contribution in [-0.2, 0) is 4.79 Å². The van der Waals surface area contributed by atoms with Gasteiger partial charge in [0.05, 0.1) is 0 Å². The molecule has 18 heavy (non-hydrogen) atoms. The highest BCUT2D eigenvalue weighted by molar-refractivity contribution is 5.92. The number of hydrogen-bond acceptors (Lipinski definition) is 2. The Morgan fingerprint density at radius 2 is 2.06 bits per heavy atom. The molecule has 0 aliphatic carbocycles. The Morgan fingerprint density at radius 3 is 2.78 bits per heavy atom. The first-order chi connectivity index (χ1) is 8.75. The van der Waals surface area contributed by atoms with Gasteiger partial charge in [-0.25, -0.2) is 0 Å². The molecule has 4 heteroatoms. The molecule has 1 saturated heterocycles. The van der Waals surface area contributed by atoms with Gasteiger partial charge < -0.3 is 15.6 Å². The Kier molecular flexibility index (Phi) is 2.70. The summed E-state index contributed by atoms with van der Waals surface area (Å²) in [5.74, 6) is -0.110. The maximum absolute atomic E-state index is 11.2. The van der Waals surface area contributed by atoms with Crippen molar-refractivity contribution < 1.29 is 4.79 Å². The van der Waals surface area contributed by atoms with Crippen molar-refractivity contribution in [3.63, 3.8) is 0 Å². The van der Waals surface area contributed by atoms with E-state index >= 15 is 0 Å². The second-order valence-electron chi connectivity index (χ2n) is 4.88. The molecule has 94 valence electrons. The van der Waals surface area contributed by atoms with Gasteiger partial charge in [0.2, 0.25) is 5.91 Å². The smallest absolute Gasteiger partial charge is 0.220 e. The third-order valence-electron chi connectivity index (χ3n) is 3.81. The van der Waals surface area contributed by atoms with Crippen LogP contribution in [0.15, 0.2) is 30.5 Å². The predicted molar refractivity (Wildman–Crippen MR) is 72.4 cm³/mol. The zero-order valence-corrected chi connectivity index (χ0v) is 10.2. The maximum atomic E-state index is 11.2. The molecular weight excluding hydrogens is 226 g/mol. The highest BCUT2D eigenvalue weighted by Gasteiger charge is 2.23. The van der Waals surface area contributed by atoms with Gasteiger partial charge in [0.25, 0.3) is 0 Å². The molecule has 2 heterocycles. The number of hydrogen-bond donors (Lipinski definition) is 2. The number of piperidine rings is 1. The summed E-state index contributed by atoms with van der Waals surface area (Å²) in [7, 11) is 0. The largest absolute Gasteiger partial charge is 0.371 e. The summed E-state index contributed by atoms with van der Waals surface area (Å²) in [5.41, 5.74) is 7.77. The molecule has 1 amide bonds. The number of nitrogens with two attached hydrogens (primary N) is 1. The summed E-state index contributed by atoms with van der Waals surface area (Å²) in [6.07, 6.45) is 3.68. The minimum absolute atomic E-state index is 0.0478. The number of carbonyl (C=O) groups excluding carboxylic acids is 1. The van der Waals surface area contributed by atoms with Crippen LogP contribution in [0.25, 0.3) is 10.9 Å². The van der Waals surface area contributed by atoms with Crippen LogP contribution in [0.4, 0.5) is 5.69 Å². The van der Waals surface area contributed by atoms with Crippen LogP contribution in [-0.4, -0.2) is 24.0 Å². The lowest BCUT2D eigenvalue weighted by Gasteiger charge is -2.32. The van der Waals surface area contributed by atoms with Gasteiger partial charge in [-0.3, -0.25) is 4.79 Å². The fourth-order valence-electron chi connectivity index (χ4n) is 2.75. The van der Waals surface area contributed by atoms with Crippen LogP contribution in [0.1, 0.15) is 12.8 Å². The van der Waals surface area contributed by atoms with Crippen LogP contribution in [0.2, 0.25) is 0 Å². The molecule has 1 aliphatic heterocycles. The lowest BCUT2D eigenvalue weighted by Crippen LogP contribution is -2.38. The third kappa shape index (κ3) is 1.83. The van der Waals surface area contributed by atoms with Crippen molar-refractivity contribution in [3.8, 4) is 0 Å². The summed E-state index contributed by atoms with van der Waals surface area (Å²) in [6, 6.07) is 8.38. The molecule has 1 aliphatic rings. The second-order valence-corrected chi connectivity index (χ2v) is 4.88. The highest BCUT2D eigenvalue weighted by Crippen LogP contribution is 2.29. The molecule has 0 atom stereocenters. The van der Waals surface area contributed by atoms with E-state index in [1.807, 2.05) is 6.20 Å². The molecule has 0 spiro atoms. The lowest BCUT2D eigenvalue weighted by atomic mass is 9.95. The van der Waals surface area contributed by atoms with E-state index in [9.17, 15) is 4.79 Å². The number of benzene rings is 1. The summed E-state index contributed by atoms with van der Waals surface area (Å²) in [4.78, 5) is 16.7. The van der Waals surface area contributed by atoms with E-state index in [4.69, 9.17) is 5.73 Å². The zero-order valence-electron chi connectivity index (χ0n) is 10.2. The molecule has 3 rings (SSSR count). The standard InChI is InChI=1S/C14H17N3O/c15-14(18)10-5-8-17(9-6-10)13-3-1-2-12-11(13)4-7-16-12/h1-4,7,10,16H,5-6,8-9H2,(H2,15,18). The Bertz CT molecular complexity index is 567. The van der Waals surface area contributed by atoms with Gasteiger partial charge in [-0.15, -0.1) is 0 Å². The number of H-pyrrole nitrogens is 1. The molecular formula is C14H17N3O. The van der Waals surface area contributed by atoms with Gasteiger partial charge in [-0.2, -0.15) is 0 Å². The number of primary amides is 1. The van der Waals surface area contributed by atoms with Gasteiger partial charge >= 0.3 is 0 Å². The van der Waals surface area contributed by atoms with E-state index in [-0.39, 0.29) is 11.8 Å². The fraction of sp³-hybridized carbons (Fsp3) is 0.357. The first-order valence-corrected chi connectivity index (χ1v) is 6.36. The van der Waals surface area contributed by atoms with Gasteiger partial charge in [-0.1, -0.05) is 6.07 Å². The molecule has 3 N–H and O–H groups in total. The Morgan fingerprint density at radius 1 is 1.28 bits per heavy atom. The highest BCUT2D eigenvalue weighted by atomic mass is 16.1. The number of carbonyl (C=O) groups is 1. The van der Waals surface area contributed by atoms with E-state index < -0.39 is 0 Å². The van der Waals surface area contributed by atoms with E-state index in [1.54, 1.807) is 0 Å². The molecule has 0 radical (unpaired) electrons. The molecule has 1 fully saturated rings. The second kappa shape index (κ2) is 4.37. The minimum Gasteiger partial charge on any atom is -0.371 e. The van der Waals surface area contributed by atoms with E-state index in [0.717, 1.165) is 31.4 Å². The molecule has 0 unspecified atom stereocenters. The molecule has 1 aromatic carbocycles. The van der Waals surface area contributed by atoms with Gasteiger partial charge in [0, 0.05) is 41.8 Å². The van der Waals surface area contributed by atoms with Crippen molar-refractivity contribution in [2.24, 2.45) is 11.7 Å². The Balaban J connectivity index is 1.84. The average Bonchev–Trinajstić information content (AvgIpc) is 2.87. The van der Waals surface area contributed by atoms with E-state index in [0.29, 0.717) is 0 Å². The minimum atomic E-state index is -0.158.